The van der Waals surface area contributed by atoms with Gasteiger partial charge in [0.05, 0.1) is 22.9 Å². The minimum Gasteiger partial charge on any atom is -0.476 e. The van der Waals surface area contributed by atoms with Crippen molar-refractivity contribution in [1.82, 2.24) is 19.7 Å². The van der Waals surface area contributed by atoms with Crippen molar-refractivity contribution in [3.05, 3.63) is 36.2 Å². The van der Waals surface area contributed by atoms with Crippen LogP contribution in [0.15, 0.2) is 30.5 Å². The quantitative estimate of drug-likeness (QED) is 0.726. The Balaban J connectivity index is 2.14. The first-order chi connectivity index (χ1) is 9.54. The lowest BCUT2D eigenvalue weighted by atomic mass is 10.1. The van der Waals surface area contributed by atoms with Gasteiger partial charge in [0, 0.05) is 12.6 Å². The first kappa shape index (κ1) is 12.1. The van der Waals surface area contributed by atoms with Crippen LogP contribution < -0.4 is 5.73 Å². The smallest absolute Gasteiger partial charge is 0.356 e. The third-order valence-electron chi connectivity index (χ3n) is 2.96. The molecule has 3 rings (SSSR count). The fourth-order valence-corrected chi connectivity index (χ4v) is 2.03. The fourth-order valence-electron chi connectivity index (χ4n) is 2.03. The van der Waals surface area contributed by atoms with E-state index in [9.17, 15) is 4.79 Å². The first-order valence-electron chi connectivity index (χ1n) is 5.84. The zero-order valence-corrected chi connectivity index (χ0v) is 10.6. The van der Waals surface area contributed by atoms with E-state index >= 15 is 0 Å². The summed E-state index contributed by atoms with van der Waals surface area (Å²) in [5.74, 6) is -0.695. The molecule has 0 atom stereocenters. The zero-order chi connectivity index (χ0) is 14.3. The van der Waals surface area contributed by atoms with Crippen LogP contribution >= 0.6 is 0 Å². The van der Waals surface area contributed by atoms with Crippen molar-refractivity contribution in [3.8, 4) is 11.3 Å². The molecule has 0 spiro atoms. The summed E-state index contributed by atoms with van der Waals surface area (Å²) in [5.41, 5.74) is 8.48. The van der Waals surface area contributed by atoms with E-state index in [4.69, 9.17) is 10.8 Å². The molecular formula is C13H11N5O2. The Morgan fingerprint density at radius 1 is 1.30 bits per heavy atom. The minimum atomic E-state index is -1.06. The molecule has 0 amide bonds. The number of nitrogens with two attached hydrogens (primary N) is 1. The van der Waals surface area contributed by atoms with Crippen molar-refractivity contribution in [1.29, 1.82) is 0 Å². The van der Waals surface area contributed by atoms with Gasteiger partial charge >= 0.3 is 5.97 Å². The van der Waals surface area contributed by atoms with Crippen molar-refractivity contribution in [2.24, 2.45) is 7.05 Å². The monoisotopic (exact) mass is 269 g/mol. The molecule has 0 aliphatic rings. The van der Waals surface area contributed by atoms with Gasteiger partial charge in [0.15, 0.2) is 5.69 Å². The number of aromatic nitrogens is 4. The molecule has 100 valence electrons. The fraction of sp³-hybridized carbons (Fsp3) is 0.0769. The highest BCUT2D eigenvalue weighted by atomic mass is 16.4. The molecule has 0 unspecified atom stereocenters. The Labute approximate surface area is 113 Å². The Hall–Kier alpha value is -2.96. The van der Waals surface area contributed by atoms with Gasteiger partial charge in [0.25, 0.3) is 0 Å². The maximum atomic E-state index is 10.9. The Morgan fingerprint density at radius 2 is 2.10 bits per heavy atom. The summed E-state index contributed by atoms with van der Waals surface area (Å²) in [6, 6.07) is 6.97. The molecule has 3 N–H and O–H groups in total. The van der Waals surface area contributed by atoms with Crippen LogP contribution in [0.2, 0.25) is 0 Å². The van der Waals surface area contributed by atoms with E-state index in [1.165, 1.54) is 16.9 Å². The number of aromatic carboxylic acids is 1. The SMILES string of the molecule is Cn1nc(C(=O)O)cc1-c1ccc2nc(N)cnc2c1. The molecule has 0 aliphatic heterocycles. The number of hydrogen-bond acceptors (Lipinski definition) is 5. The maximum absolute atomic E-state index is 10.9. The summed E-state index contributed by atoms with van der Waals surface area (Å²) >= 11 is 0. The molecule has 0 fully saturated rings. The average Bonchev–Trinajstić information content (AvgIpc) is 2.80. The second-order valence-corrected chi connectivity index (χ2v) is 4.34. The molecule has 3 aromatic rings. The number of fused-ring (bicyclic) bond motifs is 1. The van der Waals surface area contributed by atoms with Gasteiger partial charge in [0.1, 0.15) is 5.82 Å². The summed E-state index contributed by atoms with van der Waals surface area (Å²) in [5, 5.41) is 12.9. The predicted octanol–water partition coefficient (Wildman–Crippen LogP) is 1.31. The van der Waals surface area contributed by atoms with Gasteiger partial charge in [0.2, 0.25) is 0 Å². The van der Waals surface area contributed by atoms with Gasteiger partial charge in [-0.05, 0) is 18.2 Å². The average molecular weight is 269 g/mol. The number of anilines is 1. The van der Waals surface area contributed by atoms with Crippen LogP contribution in [-0.2, 0) is 7.05 Å². The topological polar surface area (TPSA) is 107 Å². The predicted molar refractivity (Wildman–Crippen MR) is 73.1 cm³/mol. The standard InChI is InChI=1S/C13H11N5O2/c1-18-11(5-10(17-18)13(19)20)7-2-3-8-9(4-7)15-6-12(14)16-8/h2-6H,1H3,(H2,14,16)(H,19,20). The van der Waals surface area contributed by atoms with E-state index in [-0.39, 0.29) is 5.69 Å². The van der Waals surface area contributed by atoms with E-state index in [0.29, 0.717) is 22.5 Å². The first-order valence-corrected chi connectivity index (χ1v) is 5.84. The second kappa shape index (κ2) is 4.30. The molecule has 7 heteroatoms. The molecule has 20 heavy (non-hydrogen) atoms. The highest BCUT2D eigenvalue weighted by Gasteiger charge is 2.13. The Kier molecular flexibility index (Phi) is 2.60. The van der Waals surface area contributed by atoms with E-state index in [2.05, 4.69) is 15.1 Å². The van der Waals surface area contributed by atoms with E-state index in [0.717, 1.165) is 5.56 Å². The highest BCUT2D eigenvalue weighted by Crippen LogP contribution is 2.23. The third-order valence-corrected chi connectivity index (χ3v) is 2.96. The van der Waals surface area contributed by atoms with Crippen molar-refractivity contribution in [3.63, 3.8) is 0 Å². The molecular weight excluding hydrogens is 258 g/mol. The number of rotatable bonds is 2. The number of carboxylic acid groups (broad SMARTS) is 1. The van der Waals surface area contributed by atoms with Gasteiger partial charge in [-0.15, -0.1) is 0 Å². The lowest BCUT2D eigenvalue weighted by molar-refractivity contribution is 0.0689. The van der Waals surface area contributed by atoms with Gasteiger partial charge in [-0.3, -0.25) is 9.67 Å². The van der Waals surface area contributed by atoms with Gasteiger partial charge in [-0.1, -0.05) is 6.07 Å². The van der Waals surface area contributed by atoms with E-state index < -0.39 is 5.97 Å². The van der Waals surface area contributed by atoms with E-state index in [1.807, 2.05) is 12.1 Å². The van der Waals surface area contributed by atoms with Gasteiger partial charge in [-0.25, -0.2) is 9.78 Å². The van der Waals surface area contributed by atoms with Gasteiger partial charge in [-0.2, -0.15) is 5.10 Å². The number of aryl methyl sites for hydroxylation is 1. The molecule has 0 bridgehead atoms. The largest absolute Gasteiger partial charge is 0.476 e. The summed E-state index contributed by atoms with van der Waals surface area (Å²) in [6.45, 7) is 0. The molecule has 0 radical (unpaired) electrons. The summed E-state index contributed by atoms with van der Waals surface area (Å²) in [7, 11) is 1.70. The van der Waals surface area contributed by atoms with Crippen LogP contribution in [0, 0.1) is 0 Å². The molecule has 2 heterocycles. The van der Waals surface area contributed by atoms with E-state index in [1.54, 1.807) is 13.1 Å². The summed E-state index contributed by atoms with van der Waals surface area (Å²) in [6.07, 6.45) is 1.48. The van der Waals surface area contributed by atoms with Crippen LogP contribution in [0.5, 0.6) is 0 Å². The summed E-state index contributed by atoms with van der Waals surface area (Å²) < 4.78 is 1.52. The van der Waals surface area contributed by atoms with Crippen molar-refractivity contribution in [2.75, 3.05) is 5.73 Å². The molecule has 0 aliphatic carbocycles. The minimum absolute atomic E-state index is 0.00554. The number of carbonyl (C=O) groups is 1. The number of nitrogens with zero attached hydrogens (tertiary/aromatic N) is 4. The Morgan fingerprint density at radius 3 is 2.80 bits per heavy atom. The Bertz CT molecular complexity index is 825. The number of carboxylic acids is 1. The van der Waals surface area contributed by atoms with Crippen molar-refractivity contribution < 1.29 is 9.90 Å². The molecule has 0 saturated carbocycles. The van der Waals surface area contributed by atoms with Crippen LogP contribution in [0.3, 0.4) is 0 Å². The molecule has 0 saturated heterocycles. The number of hydrogen-bond donors (Lipinski definition) is 2. The number of nitrogen functional groups attached to an aromatic ring is 1. The third kappa shape index (κ3) is 1.95. The highest BCUT2D eigenvalue weighted by molar-refractivity contribution is 5.88. The lowest BCUT2D eigenvalue weighted by Gasteiger charge is -2.03. The molecule has 2 aromatic heterocycles. The lowest BCUT2D eigenvalue weighted by Crippen LogP contribution is -1.99. The van der Waals surface area contributed by atoms with Gasteiger partial charge < -0.3 is 10.8 Å². The van der Waals surface area contributed by atoms with Crippen LogP contribution in [0.1, 0.15) is 10.5 Å². The van der Waals surface area contributed by atoms with Crippen molar-refractivity contribution >= 4 is 22.8 Å². The molecule has 7 nitrogen and oxygen atoms in total. The second-order valence-electron chi connectivity index (χ2n) is 4.34. The zero-order valence-electron chi connectivity index (χ0n) is 10.6. The number of benzene rings is 1. The van der Waals surface area contributed by atoms with Crippen molar-refractivity contribution in [2.45, 2.75) is 0 Å². The molecule has 1 aromatic carbocycles. The van der Waals surface area contributed by atoms with Crippen LogP contribution in [-0.4, -0.2) is 30.8 Å². The van der Waals surface area contributed by atoms with Crippen LogP contribution in [0.25, 0.3) is 22.3 Å². The maximum Gasteiger partial charge on any atom is 0.356 e. The summed E-state index contributed by atoms with van der Waals surface area (Å²) in [4.78, 5) is 19.3. The van der Waals surface area contributed by atoms with Crippen LogP contribution in [0.4, 0.5) is 5.82 Å². The normalized spacial score (nSPS) is 10.8.